The molecule has 134 valence electrons. The fraction of sp³-hybridized carbons (Fsp3) is 0.923. The summed E-state index contributed by atoms with van der Waals surface area (Å²) >= 11 is 0. The summed E-state index contributed by atoms with van der Waals surface area (Å²) in [6, 6.07) is 0. The van der Waals surface area contributed by atoms with Gasteiger partial charge in [0.05, 0.1) is 12.1 Å². The van der Waals surface area contributed by atoms with Crippen molar-refractivity contribution in [1.29, 1.82) is 0 Å². The summed E-state index contributed by atoms with van der Waals surface area (Å²) in [4.78, 5) is 4.36. The van der Waals surface area contributed by atoms with Gasteiger partial charge in [-0.15, -0.1) is 24.0 Å². The summed E-state index contributed by atoms with van der Waals surface area (Å²) in [6.45, 7) is 6.28. The highest BCUT2D eigenvalue weighted by atomic mass is 127. The minimum atomic E-state index is -4.27. The van der Waals surface area contributed by atoms with Crippen LogP contribution in [-0.2, 0) is 9.47 Å². The molecule has 2 N–H and O–H groups in total. The third-order valence-electron chi connectivity index (χ3n) is 2.54. The SMILES string of the molecule is CCNC(=NCC(C)(C)OC)NCCCOCC(F)(F)F.I. The second kappa shape index (κ2) is 12.2. The van der Waals surface area contributed by atoms with Crippen LogP contribution in [0.15, 0.2) is 4.99 Å². The van der Waals surface area contributed by atoms with Gasteiger partial charge < -0.3 is 20.1 Å². The van der Waals surface area contributed by atoms with Crippen LogP contribution >= 0.6 is 24.0 Å². The molecule has 0 aliphatic heterocycles. The molecule has 0 aliphatic rings. The molecule has 0 bridgehead atoms. The van der Waals surface area contributed by atoms with Crippen molar-refractivity contribution in [2.45, 2.75) is 39.0 Å². The highest BCUT2D eigenvalue weighted by Gasteiger charge is 2.27. The molecule has 0 fully saturated rings. The molecule has 0 atom stereocenters. The Morgan fingerprint density at radius 1 is 1.18 bits per heavy atom. The summed E-state index contributed by atoms with van der Waals surface area (Å²) in [6.07, 6.45) is -3.80. The summed E-state index contributed by atoms with van der Waals surface area (Å²) in [5, 5.41) is 6.09. The van der Waals surface area contributed by atoms with Gasteiger partial charge in [-0.3, -0.25) is 4.99 Å². The van der Waals surface area contributed by atoms with Crippen LogP contribution in [-0.4, -0.2) is 57.7 Å². The van der Waals surface area contributed by atoms with Gasteiger partial charge >= 0.3 is 6.18 Å². The highest BCUT2D eigenvalue weighted by Crippen LogP contribution is 2.14. The first kappa shape index (κ1) is 24.0. The number of nitrogens with one attached hydrogen (secondary N) is 2. The smallest absolute Gasteiger partial charge is 0.377 e. The molecule has 0 heterocycles. The van der Waals surface area contributed by atoms with Crippen molar-refractivity contribution in [3.05, 3.63) is 0 Å². The van der Waals surface area contributed by atoms with Crippen LogP contribution in [0.2, 0.25) is 0 Å². The molecule has 0 rings (SSSR count). The highest BCUT2D eigenvalue weighted by molar-refractivity contribution is 14.0. The zero-order valence-corrected chi connectivity index (χ0v) is 15.9. The third-order valence-corrected chi connectivity index (χ3v) is 2.54. The van der Waals surface area contributed by atoms with Gasteiger partial charge in [-0.05, 0) is 27.2 Å². The van der Waals surface area contributed by atoms with Crippen LogP contribution in [0.25, 0.3) is 0 Å². The van der Waals surface area contributed by atoms with E-state index in [0.717, 1.165) is 0 Å². The molecule has 0 aromatic carbocycles. The topological polar surface area (TPSA) is 54.9 Å². The maximum atomic E-state index is 11.9. The number of halogens is 4. The normalized spacial score (nSPS) is 12.8. The number of methoxy groups -OCH3 is 1. The van der Waals surface area contributed by atoms with Crippen molar-refractivity contribution in [3.8, 4) is 0 Å². The van der Waals surface area contributed by atoms with E-state index in [4.69, 9.17) is 4.74 Å². The van der Waals surface area contributed by atoms with Crippen molar-refractivity contribution < 1.29 is 22.6 Å². The average Bonchev–Trinajstić information content (AvgIpc) is 2.38. The van der Waals surface area contributed by atoms with Gasteiger partial charge in [0.2, 0.25) is 0 Å². The summed E-state index contributed by atoms with van der Waals surface area (Å²) < 4.78 is 45.4. The van der Waals surface area contributed by atoms with Crippen molar-refractivity contribution in [1.82, 2.24) is 10.6 Å². The van der Waals surface area contributed by atoms with E-state index in [1.54, 1.807) is 7.11 Å². The maximum absolute atomic E-state index is 11.9. The quantitative estimate of drug-likeness (QED) is 0.250. The number of rotatable bonds is 9. The summed E-state index contributed by atoms with van der Waals surface area (Å²) in [5.74, 6) is 0.610. The van der Waals surface area contributed by atoms with Crippen LogP contribution in [0.5, 0.6) is 0 Å². The van der Waals surface area contributed by atoms with Gasteiger partial charge in [-0.1, -0.05) is 0 Å². The van der Waals surface area contributed by atoms with E-state index in [2.05, 4.69) is 20.4 Å². The van der Waals surface area contributed by atoms with E-state index in [1.165, 1.54) is 0 Å². The van der Waals surface area contributed by atoms with Gasteiger partial charge in [-0.25, -0.2) is 0 Å². The Morgan fingerprint density at radius 2 is 1.82 bits per heavy atom. The van der Waals surface area contributed by atoms with Crippen LogP contribution in [0.4, 0.5) is 13.2 Å². The lowest BCUT2D eigenvalue weighted by Gasteiger charge is -2.21. The number of nitrogens with zero attached hydrogens (tertiary/aromatic N) is 1. The Balaban J connectivity index is 0. The zero-order valence-electron chi connectivity index (χ0n) is 13.5. The van der Waals surface area contributed by atoms with Crippen molar-refractivity contribution in [2.75, 3.05) is 40.0 Å². The molecular weight excluding hydrogens is 414 g/mol. The number of alkyl halides is 3. The molecule has 5 nitrogen and oxygen atoms in total. The molecule has 0 aliphatic carbocycles. The van der Waals surface area contributed by atoms with Crippen molar-refractivity contribution >= 4 is 29.9 Å². The molecule has 0 spiro atoms. The second-order valence-electron chi connectivity index (χ2n) is 5.11. The largest absolute Gasteiger partial charge is 0.411 e. The van der Waals surface area contributed by atoms with E-state index in [9.17, 15) is 13.2 Å². The van der Waals surface area contributed by atoms with Gasteiger partial charge in [0.25, 0.3) is 0 Å². The van der Waals surface area contributed by atoms with E-state index in [0.29, 0.717) is 32.0 Å². The fourth-order valence-electron chi connectivity index (χ4n) is 1.24. The molecule has 0 saturated heterocycles. The van der Waals surface area contributed by atoms with Crippen molar-refractivity contribution in [3.63, 3.8) is 0 Å². The molecule has 0 aromatic rings. The Morgan fingerprint density at radius 3 is 2.32 bits per heavy atom. The molecular formula is C13H27F3IN3O2. The molecule has 0 unspecified atom stereocenters. The molecule has 9 heteroatoms. The molecule has 0 saturated carbocycles. The summed E-state index contributed by atoms with van der Waals surface area (Å²) in [5.41, 5.74) is -0.363. The zero-order chi connectivity index (χ0) is 16.4. The van der Waals surface area contributed by atoms with Crippen LogP contribution in [0.3, 0.4) is 0 Å². The Labute approximate surface area is 147 Å². The minimum Gasteiger partial charge on any atom is -0.377 e. The lowest BCUT2D eigenvalue weighted by atomic mass is 10.1. The van der Waals surface area contributed by atoms with Gasteiger partial charge in [0, 0.05) is 26.8 Å². The van der Waals surface area contributed by atoms with E-state index in [-0.39, 0.29) is 36.2 Å². The third kappa shape index (κ3) is 14.6. The number of guanidine groups is 1. The monoisotopic (exact) mass is 441 g/mol. The van der Waals surface area contributed by atoms with Gasteiger partial charge in [0.15, 0.2) is 5.96 Å². The van der Waals surface area contributed by atoms with E-state index < -0.39 is 12.8 Å². The second-order valence-corrected chi connectivity index (χ2v) is 5.11. The first-order chi connectivity index (χ1) is 9.70. The molecule has 0 aromatic heterocycles. The number of ether oxygens (including phenoxy) is 2. The Hall–Kier alpha value is -0.290. The minimum absolute atomic E-state index is 0. The first-order valence-corrected chi connectivity index (χ1v) is 6.92. The maximum Gasteiger partial charge on any atom is 0.411 e. The van der Waals surface area contributed by atoms with Crippen LogP contribution < -0.4 is 10.6 Å². The first-order valence-electron chi connectivity index (χ1n) is 6.92. The number of aliphatic imine (C=N–C) groups is 1. The fourth-order valence-corrected chi connectivity index (χ4v) is 1.24. The summed E-state index contributed by atoms with van der Waals surface area (Å²) in [7, 11) is 1.62. The Kier molecular flexibility index (Phi) is 13.3. The lowest BCUT2D eigenvalue weighted by molar-refractivity contribution is -0.173. The van der Waals surface area contributed by atoms with Crippen LogP contribution in [0, 0.1) is 0 Å². The predicted molar refractivity (Wildman–Crippen MR) is 92.0 cm³/mol. The van der Waals surface area contributed by atoms with E-state index >= 15 is 0 Å². The molecule has 0 radical (unpaired) electrons. The average molecular weight is 441 g/mol. The standard InChI is InChI=1S/C13H26F3N3O2.HI/c1-5-17-11(19-9-12(2,3)20-4)18-7-6-8-21-10-13(14,15)16;/h5-10H2,1-4H3,(H2,17,18,19);1H. The lowest BCUT2D eigenvalue weighted by Crippen LogP contribution is -2.39. The van der Waals surface area contributed by atoms with Gasteiger partial charge in [-0.2, -0.15) is 13.2 Å². The number of hydrogen-bond donors (Lipinski definition) is 2. The number of hydrogen-bond acceptors (Lipinski definition) is 3. The van der Waals surface area contributed by atoms with E-state index in [1.807, 2.05) is 20.8 Å². The molecule has 0 amide bonds. The molecule has 22 heavy (non-hydrogen) atoms. The predicted octanol–water partition coefficient (Wildman–Crippen LogP) is 2.55. The van der Waals surface area contributed by atoms with Crippen molar-refractivity contribution in [2.24, 2.45) is 4.99 Å². The van der Waals surface area contributed by atoms with Crippen LogP contribution in [0.1, 0.15) is 27.2 Å². The Bertz CT molecular complexity index is 313. The van der Waals surface area contributed by atoms with Gasteiger partial charge in [0.1, 0.15) is 6.61 Å².